The van der Waals surface area contributed by atoms with Gasteiger partial charge in [-0.25, -0.2) is 4.98 Å². The highest BCUT2D eigenvalue weighted by Gasteiger charge is 2.23. The fraction of sp³-hybridized carbons (Fsp3) is 0. The van der Waals surface area contributed by atoms with Crippen LogP contribution in [0, 0.1) is 10.1 Å². The van der Waals surface area contributed by atoms with Crippen molar-refractivity contribution in [1.82, 2.24) is 9.97 Å². The molecule has 18 heavy (non-hydrogen) atoms. The Morgan fingerprint density at radius 1 is 1.33 bits per heavy atom. The van der Waals surface area contributed by atoms with E-state index >= 15 is 0 Å². The molecule has 92 valence electrons. The van der Waals surface area contributed by atoms with Gasteiger partial charge in [0, 0.05) is 0 Å². The van der Waals surface area contributed by atoms with Crippen molar-refractivity contribution in [1.29, 1.82) is 0 Å². The first kappa shape index (κ1) is 12.2. The van der Waals surface area contributed by atoms with Crippen molar-refractivity contribution in [3.8, 4) is 11.6 Å². The van der Waals surface area contributed by atoms with Crippen LogP contribution >= 0.6 is 15.9 Å². The molecule has 0 saturated heterocycles. The summed E-state index contributed by atoms with van der Waals surface area (Å²) in [6.07, 6.45) is 1.11. The van der Waals surface area contributed by atoms with Gasteiger partial charge in [0.1, 0.15) is 12.1 Å². The Kier molecular flexibility index (Phi) is 3.38. The van der Waals surface area contributed by atoms with Gasteiger partial charge in [0.2, 0.25) is 5.82 Å². The summed E-state index contributed by atoms with van der Waals surface area (Å²) >= 11 is 3.26. The molecule has 0 aliphatic heterocycles. The van der Waals surface area contributed by atoms with Gasteiger partial charge in [0.15, 0.2) is 0 Å². The van der Waals surface area contributed by atoms with Gasteiger partial charge in [-0.1, -0.05) is 12.1 Å². The Labute approximate surface area is 110 Å². The van der Waals surface area contributed by atoms with Crippen molar-refractivity contribution in [3.63, 3.8) is 0 Å². The van der Waals surface area contributed by atoms with E-state index in [-0.39, 0.29) is 11.7 Å². The van der Waals surface area contributed by atoms with Crippen LogP contribution in [0.1, 0.15) is 0 Å². The molecular formula is C10H7BrN4O3. The largest absolute Gasteiger partial charge is 0.432 e. The monoisotopic (exact) mass is 310 g/mol. The van der Waals surface area contributed by atoms with E-state index in [1.165, 1.54) is 0 Å². The molecule has 0 aliphatic carbocycles. The molecular weight excluding hydrogens is 304 g/mol. The molecule has 0 spiro atoms. The average molecular weight is 311 g/mol. The molecule has 0 radical (unpaired) electrons. The number of benzene rings is 1. The van der Waals surface area contributed by atoms with Gasteiger partial charge in [-0.15, -0.1) is 0 Å². The fourth-order valence-electron chi connectivity index (χ4n) is 1.25. The lowest BCUT2D eigenvalue weighted by atomic mass is 10.3. The zero-order valence-corrected chi connectivity index (χ0v) is 10.5. The molecule has 0 fully saturated rings. The lowest BCUT2D eigenvalue weighted by Gasteiger charge is -2.07. The number of nitrogens with zero attached hydrogens (tertiary/aromatic N) is 3. The van der Waals surface area contributed by atoms with Crippen molar-refractivity contribution in [2.24, 2.45) is 0 Å². The van der Waals surface area contributed by atoms with E-state index < -0.39 is 10.6 Å². The first-order chi connectivity index (χ1) is 8.59. The zero-order chi connectivity index (χ0) is 13.1. The second kappa shape index (κ2) is 4.96. The van der Waals surface area contributed by atoms with Crippen LogP contribution in [0.2, 0.25) is 0 Å². The molecule has 8 heteroatoms. The summed E-state index contributed by atoms with van der Waals surface area (Å²) in [5.41, 5.74) is 4.98. The number of halogens is 1. The third-order valence-electron chi connectivity index (χ3n) is 2.04. The van der Waals surface area contributed by atoms with Crippen LogP contribution in [-0.2, 0) is 0 Å². The van der Waals surface area contributed by atoms with E-state index in [1.54, 1.807) is 24.3 Å². The number of hydrogen-bond donors (Lipinski definition) is 1. The summed E-state index contributed by atoms with van der Waals surface area (Å²) in [6, 6.07) is 6.91. The van der Waals surface area contributed by atoms with Gasteiger partial charge in [-0.2, -0.15) is 4.98 Å². The Hall–Kier alpha value is -2.22. The van der Waals surface area contributed by atoms with E-state index in [4.69, 9.17) is 10.5 Å². The third-order valence-corrected chi connectivity index (χ3v) is 2.70. The SMILES string of the molecule is Nc1ncnc(Oc2ccccc2Br)c1[N+](=O)[O-]. The number of para-hydroxylation sites is 1. The quantitative estimate of drug-likeness (QED) is 0.690. The van der Waals surface area contributed by atoms with E-state index in [0.717, 1.165) is 6.33 Å². The van der Waals surface area contributed by atoms with Crippen LogP contribution in [0.3, 0.4) is 0 Å². The van der Waals surface area contributed by atoms with Crippen molar-refractivity contribution in [2.75, 3.05) is 5.73 Å². The van der Waals surface area contributed by atoms with Crippen molar-refractivity contribution >= 4 is 27.4 Å². The molecule has 1 aromatic heterocycles. The van der Waals surface area contributed by atoms with Gasteiger partial charge in [0.25, 0.3) is 0 Å². The van der Waals surface area contributed by atoms with Gasteiger partial charge in [-0.3, -0.25) is 10.1 Å². The smallest absolute Gasteiger partial charge is 0.372 e. The topological polar surface area (TPSA) is 104 Å². The standard InChI is InChI=1S/C10H7BrN4O3/c11-6-3-1-2-4-7(6)18-10-8(15(16)17)9(12)13-5-14-10/h1-5H,(H2,12,13,14). The highest BCUT2D eigenvalue weighted by molar-refractivity contribution is 9.10. The maximum Gasteiger partial charge on any atom is 0.372 e. The van der Waals surface area contributed by atoms with E-state index in [1.807, 2.05) is 0 Å². The molecule has 2 aromatic rings. The van der Waals surface area contributed by atoms with Crippen LogP contribution < -0.4 is 10.5 Å². The number of hydrogen-bond acceptors (Lipinski definition) is 6. The van der Waals surface area contributed by atoms with E-state index in [9.17, 15) is 10.1 Å². The number of aromatic nitrogens is 2. The predicted molar refractivity (Wildman–Crippen MR) is 67.3 cm³/mol. The molecule has 0 amide bonds. The Morgan fingerprint density at radius 3 is 2.72 bits per heavy atom. The molecule has 2 N–H and O–H groups in total. The Balaban J connectivity index is 2.44. The molecule has 0 atom stereocenters. The summed E-state index contributed by atoms with van der Waals surface area (Å²) in [6.45, 7) is 0. The van der Waals surface area contributed by atoms with Crippen LogP contribution in [0.25, 0.3) is 0 Å². The molecule has 0 saturated carbocycles. The fourth-order valence-corrected chi connectivity index (χ4v) is 1.62. The molecule has 0 unspecified atom stereocenters. The number of ether oxygens (including phenoxy) is 1. The number of anilines is 1. The number of nitrogen functional groups attached to an aromatic ring is 1. The normalized spacial score (nSPS) is 10.1. The molecule has 0 bridgehead atoms. The summed E-state index contributed by atoms with van der Waals surface area (Å²) < 4.78 is 6.01. The van der Waals surface area contributed by atoms with Crippen LogP contribution in [0.5, 0.6) is 11.6 Å². The molecule has 2 rings (SSSR count). The van der Waals surface area contributed by atoms with Gasteiger partial charge in [0.05, 0.1) is 9.40 Å². The first-order valence-corrected chi connectivity index (χ1v) is 5.56. The van der Waals surface area contributed by atoms with Gasteiger partial charge in [-0.05, 0) is 28.1 Å². The van der Waals surface area contributed by atoms with Crippen LogP contribution in [-0.4, -0.2) is 14.9 Å². The highest BCUT2D eigenvalue weighted by Crippen LogP contribution is 2.35. The minimum Gasteiger partial charge on any atom is -0.432 e. The number of nitro groups is 1. The summed E-state index contributed by atoms with van der Waals surface area (Å²) in [5.74, 6) is -0.0323. The Bertz CT molecular complexity index is 605. The molecule has 0 aliphatic rings. The summed E-state index contributed by atoms with van der Waals surface area (Å²) in [4.78, 5) is 17.5. The van der Waals surface area contributed by atoms with Gasteiger partial charge < -0.3 is 10.5 Å². The average Bonchev–Trinajstić information content (AvgIpc) is 2.31. The predicted octanol–water partition coefficient (Wildman–Crippen LogP) is 2.52. The molecule has 7 nitrogen and oxygen atoms in total. The first-order valence-electron chi connectivity index (χ1n) is 4.77. The molecule has 1 heterocycles. The second-order valence-corrected chi connectivity index (χ2v) is 4.06. The van der Waals surface area contributed by atoms with E-state index in [0.29, 0.717) is 10.2 Å². The van der Waals surface area contributed by atoms with Crippen molar-refractivity contribution in [3.05, 3.63) is 45.2 Å². The maximum absolute atomic E-state index is 10.9. The summed E-state index contributed by atoms with van der Waals surface area (Å²) in [5, 5.41) is 10.9. The second-order valence-electron chi connectivity index (χ2n) is 3.20. The highest BCUT2D eigenvalue weighted by atomic mass is 79.9. The Morgan fingerprint density at radius 2 is 2.06 bits per heavy atom. The van der Waals surface area contributed by atoms with Crippen LogP contribution in [0.4, 0.5) is 11.5 Å². The number of rotatable bonds is 3. The van der Waals surface area contributed by atoms with Crippen molar-refractivity contribution < 1.29 is 9.66 Å². The third kappa shape index (κ3) is 2.38. The summed E-state index contributed by atoms with van der Waals surface area (Å²) in [7, 11) is 0. The maximum atomic E-state index is 10.9. The molecule has 1 aromatic carbocycles. The van der Waals surface area contributed by atoms with E-state index in [2.05, 4.69) is 25.9 Å². The minimum atomic E-state index is -0.679. The number of nitrogens with two attached hydrogens (primary N) is 1. The zero-order valence-electron chi connectivity index (χ0n) is 8.91. The lowest BCUT2D eigenvalue weighted by molar-refractivity contribution is -0.385. The minimum absolute atomic E-state index is 0.195. The van der Waals surface area contributed by atoms with Gasteiger partial charge >= 0.3 is 11.6 Å². The lowest BCUT2D eigenvalue weighted by Crippen LogP contribution is -2.02. The van der Waals surface area contributed by atoms with Crippen LogP contribution in [0.15, 0.2) is 35.1 Å². The van der Waals surface area contributed by atoms with Crippen molar-refractivity contribution in [2.45, 2.75) is 0 Å².